The van der Waals surface area contributed by atoms with Gasteiger partial charge in [-0.1, -0.05) is 6.07 Å². The van der Waals surface area contributed by atoms with Crippen molar-refractivity contribution in [3.8, 4) is 5.75 Å². The normalized spacial score (nSPS) is 21.8. The first-order valence-corrected chi connectivity index (χ1v) is 14.3. The zero-order chi connectivity index (χ0) is 25.1. The second kappa shape index (κ2) is 10.5. The molecule has 2 aliphatic rings. The highest BCUT2D eigenvalue weighted by molar-refractivity contribution is 7.89. The largest absolute Gasteiger partial charge is 0.491 e. The Hall–Kier alpha value is -2.00. The molecular formula is C22H31N3O8S2. The van der Waals surface area contributed by atoms with Gasteiger partial charge in [0.15, 0.2) is 0 Å². The summed E-state index contributed by atoms with van der Waals surface area (Å²) in [6.07, 6.45) is 3.70. The minimum atomic E-state index is -3.58. The van der Waals surface area contributed by atoms with Crippen molar-refractivity contribution >= 4 is 20.0 Å². The molecule has 35 heavy (non-hydrogen) atoms. The third-order valence-corrected chi connectivity index (χ3v) is 9.73. The predicted molar refractivity (Wildman–Crippen MR) is 126 cm³/mol. The molecule has 13 heteroatoms. The van der Waals surface area contributed by atoms with Gasteiger partial charge >= 0.3 is 0 Å². The molecule has 0 saturated carbocycles. The summed E-state index contributed by atoms with van der Waals surface area (Å²) >= 11 is 0. The molecule has 4 rings (SSSR count). The molecule has 0 bridgehead atoms. The van der Waals surface area contributed by atoms with Gasteiger partial charge in [-0.2, -0.15) is 4.31 Å². The van der Waals surface area contributed by atoms with Gasteiger partial charge in [-0.05, 0) is 44.5 Å². The molecular weight excluding hydrogens is 498 g/mol. The number of hydrogen-bond donors (Lipinski definition) is 3. The summed E-state index contributed by atoms with van der Waals surface area (Å²) in [7, 11) is -5.80. The number of furan rings is 1. The molecule has 0 radical (unpaired) electrons. The smallest absolute Gasteiger partial charge is 0.246 e. The van der Waals surface area contributed by atoms with Gasteiger partial charge in [0.25, 0.3) is 0 Å². The van der Waals surface area contributed by atoms with E-state index in [2.05, 4.69) is 10.0 Å². The molecule has 1 unspecified atom stereocenters. The molecule has 3 N–H and O–H groups in total. The van der Waals surface area contributed by atoms with Gasteiger partial charge in [0.1, 0.15) is 29.6 Å². The van der Waals surface area contributed by atoms with Crippen molar-refractivity contribution in [1.29, 1.82) is 0 Å². The maximum absolute atomic E-state index is 12.7. The summed E-state index contributed by atoms with van der Waals surface area (Å²) in [5.74, 6) is 0.348. The Morgan fingerprint density at radius 2 is 1.97 bits per heavy atom. The number of benzene rings is 1. The summed E-state index contributed by atoms with van der Waals surface area (Å²) < 4.78 is 69.5. The van der Waals surface area contributed by atoms with Crippen LogP contribution >= 0.6 is 0 Å². The Balaban J connectivity index is 1.21. The third kappa shape index (κ3) is 6.05. The van der Waals surface area contributed by atoms with Crippen LogP contribution in [-0.2, 0) is 24.8 Å². The van der Waals surface area contributed by atoms with E-state index in [9.17, 15) is 21.9 Å². The summed E-state index contributed by atoms with van der Waals surface area (Å²) in [5, 5.41) is 13.6. The van der Waals surface area contributed by atoms with E-state index >= 15 is 0 Å². The monoisotopic (exact) mass is 529 g/mol. The quantitative estimate of drug-likeness (QED) is 0.401. The van der Waals surface area contributed by atoms with Crippen LogP contribution in [0.5, 0.6) is 5.75 Å². The van der Waals surface area contributed by atoms with E-state index in [1.165, 1.54) is 42.1 Å². The first-order chi connectivity index (χ1) is 16.6. The number of sulfonamides is 2. The van der Waals surface area contributed by atoms with Crippen LogP contribution in [0.4, 0.5) is 0 Å². The molecule has 2 aromatic rings. The van der Waals surface area contributed by atoms with Crippen LogP contribution in [0.3, 0.4) is 0 Å². The Morgan fingerprint density at radius 3 is 2.66 bits per heavy atom. The van der Waals surface area contributed by atoms with Gasteiger partial charge in [-0.25, -0.2) is 21.6 Å². The van der Waals surface area contributed by atoms with E-state index in [1.54, 1.807) is 12.1 Å². The van der Waals surface area contributed by atoms with Crippen molar-refractivity contribution in [2.45, 2.75) is 46.8 Å². The molecule has 2 fully saturated rings. The van der Waals surface area contributed by atoms with Crippen molar-refractivity contribution in [2.75, 3.05) is 39.9 Å². The Kier molecular flexibility index (Phi) is 7.86. The van der Waals surface area contributed by atoms with E-state index in [1.807, 2.05) is 0 Å². The fourth-order valence-electron chi connectivity index (χ4n) is 4.41. The lowest BCUT2D eigenvalue weighted by Crippen LogP contribution is -2.47. The number of piperidine rings is 1. The topological polar surface area (TPSA) is 147 Å². The number of aliphatic hydroxyl groups excluding tert-OH is 1. The number of hydrogen-bond acceptors (Lipinski definition) is 9. The summed E-state index contributed by atoms with van der Waals surface area (Å²) in [6.45, 7) is 1.50. The van der Waals surface area contributed by atoms with Crippen LogP contribution in [0.25, 0.3) is 0 Å². The summed E-state index contributed by atoms with van der Waals surface area (Å²) in [6, 6.07) is 7.55. The van der Waals surface area contributed by atoms with E-state index in [0.29, 0.717) is 38.3 Å². The van der Waals surface area contributed by atoms with Crippen LogP contribution in [0.1, 0.15) is 19.3 Å². The van der Waals surface area contributed by atoms with E-state index in [4.69, 9.17) is 13.9 Å². The van der Waals surface area contributed by atoms with Gasteiger partial charge in [-0.15, -0.1) is 0 Å². The SMILES string of the molecule is CNS(=O)(=O)c1cccc(OC[C@@H](O)CNC2COC3(CCN(S(=O)(=O)c4ccoc4)CC3)C2)c1. The molecule has 2 atom stereocenters. The van der Waals surface area contributed by atoms with Crippen LogP contribution in [0.15, 0.2) is 57.1 Å². The first kappa shape index (κ1) is 26.1. The molecule has 11 nitrogen and oxygen atoms in total. The van der Waals surface area contributed by atoms with Crippen molar-refractivity contribution in [1.82, 2.24) is 14.3 Å². The fourth-order valence-corrected chi connectivity index (χ4v) is 6.54. The molecule has 2 saturated heterocycles. The molecule has 1 aromatic heterocycles. The Bertz CT molecular complexity index is 1190. The van der Waals surface area contributed by atoms with Crippen LogP contribution in [0.2, 0.25) is 0 Å². The molecule has 1 spiro atoms. The van der Waals surface area contributed by atoms with E-state index < -0.39 is 26.2 Å². The zero-order valence-corrected chi connectivity index (χ0v) is 21.1. The lowest BCUT2D eigenvalue weighted by Gasteiger charge is -2.37. The van der Waals surface area contributed by atoms with Gasteiger partial charge < -0.3 is 24.3 Å². The fraction of sp³-hybridized carbons (Fsp3) is 0.545. The molecule has 1 aromatic carbocycles. The molecule has 0 aliphatic carbocycles. The minimum absolute atomic E-state index is 0.00436. The summed E-state index contributed by atoms with van der Waals surface area (Å²) in [4.78, 5) is 0.244. The predicted octanol–water partition coefficient (Wildman–Crippen LogP) is 0.529. The molecule has 0 amide bonds. The highest BCUT2D eigenvalue weighted by atomic mass is 32.2. The van der Waals surface area contributed by atoms with Crippen molar-refractivity contribution in [3.05, 3.63) is 42.9 Å². The van der Waals surface area contributed by atoms with E-state index in [0.717, 1.165) is 6.42 Å². The Labute approximate surface area is 205 Å². The highest BCUT2D eigenvalue weighted by Crippen LogP contribution is 2.37. The van der Waals surface area contributed by atoms with Crippen molar-refractivity contribution < 1.29 is 35.8 Å². The summed E-state index contributed by atoms with van der Waals surface area (Å²) in [5.41, 5.74) is -0.374. The Morgan fingerprint density at radius 1 is 1.20 bits per heavy atom. The average Bonchev–Trinajstić information content (AvgIpc) is 3.53. The third-order valence-electron chi connectivity index (χ3n) is 6.44. The lowest BCUT2D eigenvalue weighted by atomic mass is 9.88. The van der Waals surface area contributed by atoms with Crippen LogP contribution in [0, 0.1) is 0 Å². The second-order valence-corrected chi connectivity index (χ2v) is 12.6. The number of aliphatic hydroxyl groups is 1. The number of ether oxygens (including phenoxy) is 2. The number of nitrogens with zero attached hydrogens (tertiary/aromatic N) is 1. The zero-order valence-electron chi connectivity index (χ0n) is 19.4. The lowest BCUT2D eigenvalue weighted by molar-refractivity contribution is -0.0312. The minimum Gasteiger partial charge on any atom is -0.491 e. The maximum Gasteiger partial charge on any atom is 0.246 e. The standard InChI is InChI=1S/C22H31N3O8S2/c1-23-34(27,28)20-4-2-3-19(11-20)32-15-18(26)13-24-17-12-22(33-14-17)6-8-25(9-7-22)35(29,30)21-5-10-31-16-21/h2-5,10-11,16-18,23-24,26H,6-9,12-15H2,1H3/t17?,18-/m0/s1. The van der Waals surface area contributed by atoms with Crippen LogP contribution < -0.4 is 14.8 Å². The average molecular weight is 530 g/mol. The number of nitrogens with one attached hydrogen (secondary N) is 2. The molecule has 3 heterocycles. The number of rotatable bonds is 10. The van der Waals surface area contributed by atoms with Crippen molar-refractivity contribution in [3.63, 3.8) is 0 Å². The van der Waals surface area contributed by atoms with Gasteiger partial charge in [0, 0.05) is 31.7 Å². The van der Waals surface area contributed by atoms with Crippen molar-refractivity contribution in [2.24, 2.45) is 0 Å². The molecule has 2 aliphatic heterocycles. The first-order valence-electron chi connectivity index (χ1n) is 11.4. The highest BCUT2D eigenvalue weighted by Gasteiger charge is 2.44. The van der Waals surface area contributed by atoms with Gasteiger partial charge in [-0.3, -0.25) is 0 Å². The second-order valence-electron chi connectivity index (χ2n) is 8.81. The molecule has 194 valence electrons. The van der Waals surface area contributed by atoms with Gasteiger partial charge in [0.2, 0.25) is 20.0 Å². The van der Waals surface area contributed by atoms with Gasteiger partial charge in [0.05, 0.1) is 23.4 Å². The van der Waals surface area contributed by atoms with E-state index in [-0.39, 0.29) is 34.6 Å². The maximum atomic E-state index is 12.7. The van der Waals surface area contributed by atoms with Crippen LogP contribution in [-0.4, -0.2) is 83.9 Å².